The molecule has 0 amide bonds. The van der Waals surface area contributed by atoms with E-state index < -0.39 is 10.0 Å². The lowest BCUT2D eigenvalue weighted by Crippen LogP contribution is -2.29. The van der Waals surface area contributed by atoms with Gasteiger partial charge in [-0.1, -0.05) is 0 Å². The Morgan fingerprint density at radius 3 is 2.60 bits per heavy atom. The smallest absolute Gasteiger partial charge is 0.244 e. The van der Waals surface area contributed by atoms with Crippen molar-refractivity contribution in [1.82, 2.24) is 23.8 Å². The molecule has 0 saturated carbocycles. The van der Waals surface area contributed by atoms with Crippen molar-refractivity contribution in [2.24, 2.45) is 0 Å². The summed E-state index contributed by atoms with van der Waals surface area (Å²) in [5.41, 5.74) is 2.15. The van der Waals surface area contributed by atoms with Crippen molar-refractivity contribution in [2.45, 2.75) is 17.4 Å². The van der Waals surface area contributed by atoms with Crippen molar-refractivity contribution in [3.63, 3.8) is 0 Å². The topological polar surface area (TPSA) is 81.0 Å². The molecule has 1 aliphatic rings. The molecule has 9 heteroatoms. The van der Waals surface area contributed by atoms with Gasteiger partial charge in [0, 0.05) is 37.2 Å². The van der Waals surface area contributed by atoms with Crippen LogP contribution in [0.2, 0.25) is 0 Å². The van der Waals surface area contributed by atoms with Crippen molar-refractivity contribution in [1.29, 1.82) is 0 Å². The van der Waals surface area contributed by atoms with E-state index in [-0.39, 0.29) is 16.8 Å². The number of fused-ring (bicyclic) bond motifs is 1. The molecule has 152 valence electrons. The van der Waals surface area contributed by atoms with E-state index in [4.69, 9.17) is 4.98 Å². The van der Waals surface area contributed by atoms with Crippen molar-refractivity contribution < 1.29 is 12.8 Å². The Bertz CT molecular complexity index is 1310. The molecule has 30 heavy (non-hydrogen) atoms. The predicted molar refractivity (Wildman–Crippen MR) is 110 cm³/mol. The maximum atomic E-state index is 13.4. The summed E-state index contributed by atoms with van der Waals surface area (Å²) >= 11 is 0. The zero-order valence-electron chi connectivity index (χ0n) is 15.9. The first-order valence-corrected chi connectivity index (χ1v) is 11.0. The fraction of sp³-hybridized carbons (Fsp3) is 0.190. The van der Waals surface area contributed by atoms with Gasteiger partial charge in [-0.05, 0) is 55.0 Å². The Morgan fingerprint density at radius 1 is 1.03 bits per heavy atom. The number of nitrogens with zero attached hydrogens (tertiary/aromatic N) is 5. The number of hydrogen-bond donors (Lipinski definition) is 0. The fourth-order valence-corrected chi connectivity index (χ4v) is 5.32. The summed E-state index contributed by atoms with van der Waals surface area (Å²) in [5, 5.41) is 0. The minimum absolute atomic E-state index is 0.142. The highest BCUT2D eigenvalue weighted by Crippen LogP contribution is 2.34. The molecule has 0 bridgehead atoms. The quantitative estimate of drug-likeness (QED) is 0.503. The van der Waals surface area contributed by atoms with Crippen LogP contribution in [0, 0.1) is 5.82 Å². The summed E-state index contributed by atoms with van der Waals surface area (Å²) in [7, 11) is -3.63. The number of rotatable bonds is 4. The summed E-state index contributed by atoms with van der Waals surface area (Å²) in [4.78, 5) is 13.3. The zero-order chi connectivity index (χ0) is 20.7. The van der Waals surface area contributed by atoms with Crippen molar-refractivity contribution >= 4 is 21.2 Å². The third-order valence-corrected chi connectivity index (χ3v) is 7.16. The maximum Gasteiger partial charge on any atom is 0.244 e. The fourth-order valence-electron chi connectivity index (χ4n) is 3.87. The van der Waals surface area contributed by atoms with Crippen LogP contribution in [0.4, 0.5) is 4.39 Å². The number of benzene rings is 1. The van der Waals surface area contributed by atoms with E-state index in [1.807, 2.05) is 16.7 Å². The van der Waals surface area contributed by atoms with Gasteiger partial charge in [0.2, 0.25) is 10.0 Å². The van der Waals surface area contributed by atoms with Gasteiger partial charge in [0.25, 0.3) is 0 Å². The Morgan fingerprint density at radius 2 is 1.83 bits per heavy atom. The molecule has 0 N–H and O–H groups in total. The summed E-state index contributed by atoms with van der Waals surface area (Å²) in [6.07, 6.45) is 5.22. The Labute approximate surface area is 172 Å². The minimum Gasteiger partial charge on any atom is -0.304 e. The van der Waals surface area contributed by atoms with Gasteiger partial charge in [0.15, 0.2) is 5.65 Å². The molecule has 1 fully saturated rings. The van der Waals surface area contributed by atoms with Crippen LogP contribution < -0.4 is 0 Å². The number of imidazole rings is 1. The molecule has 1 saturated heterocycles. The lowest BCUT2D eigenvalue weighted by atomic mass is 10.2. The second kappa shape index (κ2) is 7.26. The highest BCUT2D eigenvalue weighted by Gasteiger charge is 2.35. The first kappa shape index (κ1) is 18.8. The first-order valence-electron chi connectivity index (χ1n) is 9.53. The highest BCUT2D eigenvalue weighted by atomic mass is 32.2. The molecule has 1 aromatic carbocycles. The molecular formula is C21H18FN5O2S. The summed E-state index contributed by atoms with van der Waals surface area (Å²) < 4.78 is 42.9. The molecule has 1 aliphatic heterocycles. The van der Waals surface area contributed by atoms with Gasteiger partial charge in [0.05, 0.1) is 6.04 Å². The maximum absolute atomic E-state index is 13.4. The monoisotopic (exact) mass is 423 g/mol. The lowest BCUT2D eigenvalue weighted by molar-refractivity contribution is 0.455. The zero-order valence-corrected chi connectivity index (χ0v) is 16.7. The molecular weight excluding hydrogens is 405 g/mol. The number of pyridine rings is 2. The first-order chi connectivity index (χ1) is 14.5. The van der Waals surface area contributed by atoms with Crippen LogP contribution in [0.5, 0.6) is 0 Å². The van der Waals surface area contributed by atoms with Crippen LogP contribution in [-0.2, 0) is 10.0 Å². The molecule has 3 aromatic heterocycles. The molecule has 1 atom stereocenters. The van der Waals surface area contributed by atoms with Crippen LogP contribution in [0.3, 0.4) is 0 Å². The molecule has 0 aliphatic carbocycles. The van der Waals surface area contributed by atoms with E-state index in [1.165, 1.54) is 22.6 Å². The van der Waals surface area contributed by atoms with E-state index in [2.05, 4.69) is 9.97 Å². The van der Waals surface area contributed by atoms with E-state index in [0.29, 0.717) is 36.5 Å². The second-order valence-electron chi connectivity index (χ2n) is 7.15. The highest BCUT2D eigenvalue weighted by molar-refractivity contribution is 7.89. The van der Waals surface area contributed by atoms with E-state index in [1.54, 1.807) is 36.7 Å². The van der Waals surface area contributed by atoms with Crippen molar-refractivity contribution in [3.8, 4) is 11.4 Å². The van der Waals surface area contributed by atoms with Gasteiger partial charge < -0.3 is 4.57 Å². The van der Waals surface area contributed by atoms with Gasteiger partial charge in [-0.2, -0.15) is 4.31 Å². The molecule has 5 rings (SSSR count). The number of aromatic nitrogens is 4. The minimum atomic E-state index is -3.63. The van der Waals surface area contributed by atoms with E-state index >= 15 is 0 Å². The predicted octanol–water partition coefficient (Wildman–Crippen LogP) is 3.27. The van der Waals surface area contributed by atoms with Gasteiger partial charge in [0.1, 0.15) is 22.1 Å². The van der Waals surface area contributed by atoms with Gasteiger partial charge in [-0.3, -0.25) is 4.98 Å². The normalized spacial score (nSPS) is 17.6. The number of sulfonamides is 1. The molecule has 7 nitrogen and oxygen atoms in total. The van der Waals surface area contributed by atoms with Crippen LogP contribution in [0.15, 0.2) is 72.0 Å². The number of hydrogen-bond acceptors (Lipinski definition) is 5. The molecule has 0 unspecified atom stereocenters. The van der Waals surface area contributed by atoms with Crippen molar-refractivity contribution in [3.05, 3.63) is 72.9 Å². The average molecular weight is 423 g/mol. The van der Waals surface area contributed by atoms with Crippen molar-refractivity contribution in [2.75, 3.05) is 13.1 Å². The second-order valence-corrected chi connectivity index (χ2v) is 9.09. The van der Waals surface area contributed by atoms with Gasteiger partial charge in [-0.25, -0.2) is 22.8 Å². The van der Waals surface area contributed by atoms with Gasteiger partial charge >= 0.3 is 0 Å². The van der Waals surface area contributed by atoms with E-state index in [0.717, 1.165) is 5.56 Å². The Hall–Kier alpha value is -3.17. The third kappa shape index (κ3) is 3.16. The Balaban J connectivity index is 1.55. The van der Waals surface area contributed by atoms with E-state index in [9.17, 15) is 12.8 Å². The SMILES string of the molecule is O=S(=O)(c1cccnc1)N1CC[C@H](n2c(-c3ccc(F)cc3)nc3cccnc32)C1. The number of halogens is 1. The summed E-state index contributed by atoms with van der Waals surface area (Å²) in [6.45, 7) is 0.685. The molecule has 4 aromatic rings. The van der Waals surface area contributed by atoms with Crippen LogP contribution in [0.1, 0.15) is 12.5 Å². The molecule has 0 spiro atoms. The Kier molecular flexibility index (Phi) is 4.56. The van der Waals surface area contributed by atoms with Gasteiger partial charge in [-0.15, -0.1) is 0 Å². The van der Waals surface area contributed by atoms with Crippen LogP contribution >= 0.6 is 0 Å². The molecule has 4 heterocycles. The largest absolute Gasteiger partial charge is 0.304 e. The standard InChI is InChI=1S/C21H18FN5O2S/c22-16-7-5-15(6-8-16)20-25-19-4-2-11-24-21(19)27(20)17-9-12-26(14-17)30(28,29)18-3-1-10-23-13-18/h1-8,10-11,13,17H,9,12,14H2/t17-/m0/s1. The third-order valence-electron chi connectivity index (χ3n) is 5.31. The molecule has 0 radical (unpaired) electrons. The van der Waals surface area contributed by atoms with Crippen LogP contribution in [0.25, 0.3) is 22.6 Å². The average Bonchev–Trinajstić information content (AvgIpc) is 3.40. The summed E-state index contributed by atoms with van der Waals surface area (Å²) in [5.74, 6) is 0.323. The van der Waals surface area contributed by atoms with Crippen LogP contribution in [-0.4, -0.2) is 45.3 Å². The lowest BCUT2D eigenvalue weighted by Gasteiger charge is -2.18. The summed E-state index contributed by atoms with van der Waals surface area (Å²) in [6, 6.07) is 12.8.